The Morgan fingerprint density at radius 1 is 0.867 bits per heavy atom. The Balaban J connectivity index is 1.77. The number of benzene rings is 3. The number of esters is 1. The lowest BCUT2D eigenvalue weighted by atomic mass is 9.91. The maximum atomic E-state index is 13.0. The van der Waals surface area contributed by atoms with Gasteiger partial charge in [0.15, 0.2) is 6.10 Å². The van der Waals surface area contributed by atoms with Crippen molar-refractivity contribution in [3.05, 3.63) is 106 Å². The molecule has 0 fully saturated rings. The summed E-state index contributed by atoms with van der Waals surface area (Å²) in [6.45, 7) is 1.43. The minimum Gasteiger partial charge on any atom is -0.452 e. The Labute approximate surface area is 173 Å². The molecule has 1 amide bonds. The molecule has 0 spiro atoms. The van der Waals surface area contributed by atoms with Gasteiger partial charge >= 0.3 is 5.97 Å². The SMILES string of the molecule is C[C@@H](OC(=O)C(c1ccccc1)c1ccccc1)C(=O)Nc1ccccc1[N+](=O)[O-]. The number of carbonyl (C=O) groups is 2. The molecule has 3 aromatic carbocycles. The second-order valence-electron chi connectivity index (χ2n) is 6.60. The van der Waals surface area contributed by atoms with Crippen molar-refractivity contribution < 1.29 is 19.2 Å². The van der Waals surface area contributed by atoms with Crippen LogP contribution in [-0.4, -0.2) is 22.9 Å². The van der Waals surface area contributed by atoms with E-state index in [0.717, 1.165) is 11.1 Å². The molecule has 1 N–H and O–H groups in total. The highest BCUT2D eigenvalue weighted by atomic mass is 16.6. The molecule has 0 saturated heterocycles. The fourth-order valence-electron chi connectivity index (χ4n) is 3.02. The van der Waals surface area contributed by atoms with Crippen LogP contribution in [0.1, 0.15) is 24.0 Å². The zero-order valence-electron chi connectivity index (χ0n) is 16.2. The van der Waals surface area contributed by atoms with E-state index >= 15 is 0 Å². The van der Waals surface area contributed by atoms with E-state index < -0.39 is 28.8 Å². The summed E-state index contributed by atoms with van der Waals surface area (Å²) in [6, 6.07) is 24.0. The molecule has 1 atom stereocenters. The number of hydrogen-bond donors (Lipinski definition) is 1. The Morgan fingerprint density at radius 2 is 1.37 bits per heavy atom. The smallest absolute Gasteiger partial charge is 0.318 e. The van der Waals surface area contributed by atoms with E-state index in [2.05, 4.69) is 5.32 Å². The van der Waals surface area contributed by atoms with E-state index in [4.69, 9.17) is 4.74 Å². The number of carbonyl (C=O) groups excluding carboxylic acids is 2. The van der Waals surface area contributed by atoms with Crippen molar-refractivity contribution in [3.8, 4) is 0 Å². The molecule has 0 unspecified atom stereocenters. The van der Waals surface area contributed by atoms with Gasteiger partial charge in [-0.3, -0.25) is 19.7 Å². The summed E-state index contributed by atoms with van der Waals surface area (Å²) in [5.41, 5.74) is 1.27. The van der Waals surface area contributed by atoms with Gasteiger partial charge in [0, 0.05) is 6.07 Å². The zero-order chi connectivity index (χ0) is 21.5. The molecule has 0 aromatic heterocycles. The molecule has 0 saturated carbocycles. The fraction of sp³-hybridized carbons (Fsp3) is 0.130. The van der Waals surface area contributed by atoms with Crippen LogP contribution in [0, 0.1) is 10.1 Å². The third-order valence-corrected chi connectivity index (χ3v) is 4.52. The predicted octanol–water partition coefficient (Wildman–Crippen LogP) is 4.30. The molecule has 0 bridgehead atoms. The first-order valence-corrected chi connectivity index (χ1v) is 9.32. The summed E-state index contributed by atoms with van der Waals surface area (Å²) < 4.78 is 5.43. The maximum absolute atomic E-state index is 13.0. The average molecular weight is 404 g/mol. The van der Waals surface area contributed by atoms with Crippen molar-refractivity contribution in [2.24, 2.45) is 0 Å². The number of nitrogens with zero attached hydrogens (tertiary/aromatic N) is 1. The lowest BCUT2D eigenvalue weighted by Crippen LogP contribution is -2.32. The molecule has 7 nitrogen and oxygen atoms in total. The monoisotopic (exact) mass is 404 g/mol. The number of nitrogens with one attached hydrogen (secondary N) is 1. The van der Waals surface area contributed by atoms with Gasteiger partial charge in [0.1, 0.15) is 11.6 Å². The van der Waals surface area contributed by atoms with Gasteiger partial charge in [0.05, 0.1) is 4.92 Å². The van der Waals surface area contributed by atoms with Crippen LogP contribution in [0.2, 0.25) is 0 Å². The molecule has 0 aliphatic heterocycles. The third kappa shape index (κ3) is 4.88. The lowest BCUT2D eigenvalue weighted by molar-refractivity contribution is -0.383. The number of nitro benzene ring substituents is 1. The second kappa shape index (κ2) is 9.47. The van der Waals surface area contributed by atoms with Gasteiger partial charge in [-0.2, -0.15) is 0 Å². The van der Waals surface area contributed by atoms with Crippen LogP contribution < -0.4 is 5.32 Å². The number of amides is 1. The van der Waals surface area contributed by atoms with Gasteiger partial charge in [-0.1, -0.05) is 72.8 Å². The highest BCUT2D eigenvalue weighted by molar-refractivity contribution is 5.97. The zero-order valence-corrected chi connectivity index (χ0v) is 16.2. The Morgan fingerprint density at radius 3 is 1.90 bits per heavy atom. The van der Waals surface area contributed by atoms with Crippen LogP contribution in [0.3, 0.4) is 0 Å². The van der Waals surface area contributed by atoms with Crippen LogP contribution in [0.15, 0.2) is 84.9 Å². The summed E-state index contributed by atoms with van der Waals surface area (Å²) in [5.74, 6) is -1.94. The molecular weight excluding hydrogens is 384 g/mol. The molecule has 0 heterocycles. The van der Waals surface area contributed by atoms with Crippen molar-refractivity contribution >= 4 is 23.3 Å². The maximum Gasteiger partial charge on any atom is 0.318 e. The molecule has 30 heavy (non-hydrogen) atoms. The third-order valence-electron chi connectivity index (χ3n) is 4.52. The predicted molar refractivity (Wildman–Crippen MR) is 112 cm³/mol. The number of ether oxygens (including phenoxy) is 1. The van der Waals surface area contributed by atoms with E-state index in [1.807, 2.05) is 60.7 Å². The Kier molecular flexibility index (Phi) is 6.54. The summed E-state index contributed by atoms with van der Waals surface area (Å²) in [6.07, 6.45) is -1.15. The highest BCUT2D eigenvalue weighted by Gasteiger charge is 2.28. The van der Waals surface area contributed by atoms with Crippen molar-refractivity contribution in [1.82, 2.24) is 0 Å². The minimum atomic E-state index is -1.15. The van der Waals surface area contributed by atoms with Gasteiger partial charge in [-0.05, 0) is 24.1 Å². The standard InChI is InChI=1S/C23H20N2O5/c1-16(22(26)24-19-14-8-9-15-20(19)25(28)29)30-23(27)21(17-10-4-2-5-11-17)18-12-6-3-7-13-18/h2-16,21H,1H3,(H,24,26)/t16-/m1/s1. The summed E-state index contributed by atoms with van der Waals surface area (Å²) in [4.78, 5) is 36.0. The van der Waals surface area contributed by atoms with Crippen molar-refractivity contribution in [2.45, 2.75) is 18.9 Å². The van der Waals surface area contributed by atoms with Crippen LogP contribution in [-0.2, 0) is 14.3 Å². The van der Waals surface area contributed by atoms with E-state index in [-0.39, 0.29) is 11.4 Å². The number of para-hydroxylation sites is 2. The Hall–Kier alpha value is -4.00. The molecule has 3 rings (SSSR count). The van der Waals surface area contributed by atoms with Crippen molar-refractivity contribution in [3.63, 3.8) is 0 Å². The normalized spacial score (nSPS) is 11.5. The molecule has 152 valence electrons. The number of anilines is 1. The fourth-order valence-corrected chi connectivity index (χ4v) is 3.02. The molecule has 0 radical (unpaired) electrons. The van der Waals surface area contributed by atoms with Crippen molar-refractivity contribution in [1.29, 1.82) is 0 Å². The quantitative estimate of drug-likeness (QED) is 0.360. The van der Waals surface area contributed by atoms with E-state index in [1.165, 1.54) is 25.1 Å². The van der Waals surface area contributed by atoms with E-state index in [1.54, 1.807) is 6.07 Å². The molecule has 0 aliphatic carbocycles. The topological polar surface area (TPSA) is 98.5 Å². The second-order valence-corrected chi connectivity index (χ2v) is 6.60. The van der Waals surface area contributed by atoms with Gasteiger partial charge in [0.2, 0.25) is 0 Å². The lowest BCUT2D eigenvalue weighted by Gasteiger charge is -2.20. The first kappa shape index (κ1) is 20.7. The largest absolute Gasteiger partial charge is 0.452 e. The first-order valence-electron chi connectivity index (χ1n) is 9.32. The first-order chi connectivity index (χ1) is 14.5. The average Bonchev–Trinajstić information content (AvgIpc) is 2.75. The van der Waals surface area contributed by atoms with E-state index in [9.17, 15) is 19.7 Å². The van der Waals surface area contributed by atoms with Crippen LogP contribution in [0.4, 0.5) is 11.4 Å². The summed E-state index contributed by atoms with van der Waals surface area (Å²) in [7, 11) is 0. The highest BCUT2D eigenvalue weighted by Crippen LogP contribution is 2.27. The number of hydrogen-bond acceptors (Lipinski definition) is 5. The minimum absolute atomic E-state index is 0.0399. The van der Waals surface area contributed by atoms with Crippen molar-refractivity contribution in [2.75, 3.05) is 5.32 Å². The van der Waals surface area contributed by atoms with Crippen LogP contribution >= 0.6 is 0 Å². The summed E-state index contributed by atoms with van der Waals surface area (Å²) >= 11 is 0. The molecule has 3 aromatic rings. The summed E-state index contributed by atoms with van der Waals surface area (Å²) in [5, 5.41) is 13.6. The van der Waals surface area contributed by atoms with Crippen LogP contribution in [0.5, 0.6) is 0 Å². The molecular formula is C23H20N2O5. The van der Waals surface area contributed by atoms with Gasteiger partial charge in [0.25, 0.3) is 11.6 Å². The number of rotatable bonds is 7. The van der Waals surface area contributed by atoms with Crippen LogP contribution in [0.25, 0.3) is 0 Å². The molecule has 0 aliphatic rings. The molecule has 7 heteroatoms. The van der Waals surface area contributed by atoms with Gasteiger partial charge in [-0.15, -0.1) is 0 Å². The number of nitro groups is 1. The van der Waals surface area contributed by atoms with Gasteiger partial charge < -0.3 is 10.1 Å². The van der Waals surface area contributed by atoms with E-state index in [0.29, 0.717) is 0 Å². The Bertz CT molecular complexity index is 998. The van der Waals surface area contributed by atoms with Gasteiger partial charge in [-0.25, -0.2) is 0 Å².